The molecule has 0 saturated heterocycles. The Bertz CT molecular complexity index is 807. The van der Waals surface area contributed by atoms with E-state index in [-0.39, 0.29) is 12.6 Å². The van der Waals surface area contributed by atoms with Gasteiger partial charge in [-0.3, -0.25) is 10.2 Å². The Balaban J connectivity index is 2.32. The van der Waals surface area contributed by atoms with Gasteiger partial charge in [0.2, 0.25) is 5.95 Å². The number of carbonyl (C=O) groups excluding carboxylic acids is 1. The van der Waals surface area contributed by atoms with Crippen LogP contribution in [0.5, 0.6) is 0 Å². The second-order valence-electron chi connectivity index (χ2n) is 6.05. The third kappa shape index (κ3) is 5.05. The Kier molecular flexibility index (Phi) is 6.95. The normalized spacial score (nSPS) is 14.6. The molecule has 1 aromatic rings. The van der Waals surface area contributed by atoms with Crippen molar-refractivity contribution >= 4 is 40.4 Å². The van der Waals surface area contributed by atoms with Crippen molar-refractivity contribution in [1.29, 1.82) is 5.41 Å². The van der Waals surface area contributed by atoms with Crippen molar-refractivity contribution in [3.05, 3.63) is 51.9 Å². The molecule has 1 fully saturated rings. The van der Waals surface area contributed by atoms with Gasteiger partial charge in [0.15, 0.2) is 0 Å². The molecule has 1 amide bonds. The first kappa shape index (κ1) is 21.3. The van der Waals surface area contributed by atoms with Gasteiger partial charge in [-0.1, -0.05) is 35.8 Å². The van der Waals surface area contributed by atoms with E-state index in [1.165, 1.54) is 11.0 Å². The van der Waals surface area contributed by atoms with Crippen molar-refractivity contribution in [3.8, 4) is 0 Å². The van der Waals surface area contributed by atoms with E-state index < -0.39 is 29.6 Å². The van der Waals surface area contributed by atoms with Crippen molar-refractivity contribution in [2.24, 2.45) is 0 Å². The number of halogens is 5. The van der Waals surface area contributed by atoms with Gasteiger partial charge in [0, 0.05) is 29.7 Å². The molecule has 0 bridgehead atoms. The van der Waals surface area contributed by atoms with Crippen LogP contribution in [0.3, 0.4) is 0 Å². The summed E-state index contributed by atoms with van der Waals surface area (Å²) in [5.74, 6) is -2.26. The predicted molar refractivity (Wildman–Crippen MR) is 101 cm³/mol. The number of alkyl halides is 2. The molecule has 4 nitrogen and oxygen atoms in total. The molecule has 0 heterocycles. The van der Waals surface area contributed by atoms with Gasteiger partial charge >= 0.3 is 0 Å². The maximum absolute atomic E-state index is 14.1. The first-order valence-electron chi connectivity index (χ1n) is 8.06. The summed E-state index contributed by atoms with van der Waals surface area (Å²) in [7, 11) is 1.15. The highest BCUT2D eigenvalue weighted by Gasteiger charge is 2.38. The minimum atomic E-state index is -3.28. The molecular weight excluding hydrogens is 402 g/mol. The summed E-state index contributed by atoms with van der Waals surface area (Å²) in [6.07, 6.45) is -1.97. The van der Waals surface area contributed by atoms with Crippen LogP contribution in [0.1, 0.15) is 18.4 Å². The van der Waals surface area contributed by atoms with Gasteiger partial charge in [0.05, 0.1) is 0 Å². The summed E-state index contributed by atoms with van der Waals surface area (Å²) in [5, 5.41) is 10.2. The zero-order chi connectivity index (χ0) is 20.3. The van der Waals surface area contributed by atoms with Gasteiger partial charge in [0.25, 0.3) is 12.3 Å². The molecule has 0 radical (unpaired) electrons. The number of rotatable bonds is 8. The smallest absolute Gasteiger partial charge is 0.280 e. The summed E-state index contributed by atoms with van der Waals surface area (Å²) in [6, 6.07) is 4.53. The van der Waals surface area contributed by atoms with Crippen molar-refractivity contribution in [2.45, 2.75) is 25.3 Å². The topological polar surface area (TPSA) is 56.2 Å². The van der Waals surface area contributed by atoms with Gasteiger partial charge in [-0.15, -0.1) is 0 Å². The Labute approximate surface area is 165 Å². The first-order valence-corrected chi connectivity index (χ1v) is 8.81. The summed E-state index contributed by atoms with van der Waals surface area (Å²) in [4.78, 5) is 14.0. The number of benzene rings is 1. The van der Waals surface area contributed by atoms with Gasteiger partial charge in [-0.2, -0.15) is 4.39 Å². The molecule has 0 aromatic heterocycles. The number of amides is 1. The minimum absolute atomic E-state index is 0.0398. The molecule has 0 aliphatic heterocycles. The van der Waals surface area contributed by atoms with Crippen molar-refractivity contribution in [2.75, 3.05) is 13.6 Å². The van der Waals surface area contributed by atoms with Crippen LogP contribution < -0.4 is 5.32 Å². The summed E-state index contributed by atoms with van der Waals surface area (Å²) in [5.41, 5.74) is -1.35. The van der Waals surface area contributed by atoms with Crippen molar-refractivity contribution < 1.29 is 18.0 Å². The SMILES string of the molecule is C=C(CN(C(=O)/C(C(=N)C(F)F)=C(\F)NC)C1CC1)c1ccc(Cl)cc1Cl. The Morgan fingerprint density at radius 1 is 1.41 bits per heavy atom. The molecule has 0 atom stereocenters. The number of hydrogen-bond donors (Lipinski definition) is 2. The molecule has 146 valence electrons. The molecule has 2 rings (SSSR count). The molecule has 1 saturated carbocycles. The van der Waals surface area contributed by atoms with Crippen LogP contribution >= 0.6 is 23.2 Å². The highest BCUT2D eigenvalue weighted by atomic mass is 35.5. The lowest BCUT2D eigenvalue weighted by Gasteiger charge is -2.25. The van der Waals surface area contributed by atoms with Crippen molar-refractivity contribution in [1.82, 2.24) is 10.2 Å². The monoisotopic (exact) mass is 419 g/mol. The number of nitrogens with one attached hydrogen (secondary N) is 2. The number of carbonyl (C=O) groups is 1. The van der Waals surface area contributed by atoms with Gasteiger partial charge in [-0.25, -0.2) is 8.78 Å². The van der Waals surface area contributed by atoms with E-state index in [2.05, 4.69) is 6.58 Å². The molecule has 1 aliphatic rings. The zero-order valence-electron chi connectivity index (χ0n) is 14.5. The van der Waals surface area contributed by atoms with Crippen LogP contribution in [0.2, 0.25) is 10.0 Å². The highest BCUT2D eigenvalue weighted by Crippen LogP contribution is 2.33. The number of hydrogen-bond acceptors (Lipinski definition) is 3. The van der Waals surface area contributed by atoms with Crippen LogP contribution in [0.4, 0.5) is 13.2 Å². The fraction of sp³-hybridized carbons (Fsp3) is 0.333. The average Bonchev–Trinajstić information content (AvgIpc) is 3.43. The van der Waals surface area contributed by atoms with E-state index in [0.717, 1.165) is 7.05 Å². The lowest BCUT2D eigenvalue weighted by atomic mass is 10.1. The van der Waals surface area contributed by atoms with Gasteiger partial charge < -0.3 is 10.2 Å². The fourth-order valence-corrected chi connectivity index (χ4v) is 3.07. The van der Waals surface area contributed by atoms with Crippen LogP contribution in [0.25, 0.3) is 5.57 Å². The molecule has 2 N–H and O–H groups in total. The fourth-order valence-electron chi connectivity index (χ4n) is 2.52. The second kappa shape index (κ2) is 8.80. The van der Waals surface area contributed by atoms with E-state index in [1.807, 2.05) is 5.32 Å². The zero-order valence-corrected chi connectivity index (χ0v) is 16.0. The van der Waals surface area contributed by atoms with Crippen LogP contribution in [0.15, 0.2) is 36.3 Å². The van der Waals surface area contributed by atoms with Crippen LogP contribution in [-0.2, 0) is 4.79 Å². The first-order chi connectivity index (χ1) is 12.7. The third-order valence-electron chi connectivity index (χ3n) is 4.06. The third-order valence-corrected chi connectivity index (χ3v) is 4.61. The standard InChI is InChI=1S/C18H18Cl2F3N3O/c1-9(12-6-3-10(19)7-13(12)20)8-26(11-4-5-11)18(27)14(17(23)25-2)15(24)16(21)22/h3,6-7,11,16,24-25H,1,4-5,8H2,2H3/b17-14+,24-15?. The van der Waals surface area contributed by atoms with Gasteiger partial charge in [0.1, 0.15) is 11.3 Å². The van der Waals surface area contributed by atoms with E-state index in [1.54, 1.807) is 12.1 Å². The molecule has 27 heavy (non-hydrogen) atoms. The largest absolute Gasteiger partial charge is 0.364 e. The van der Waals surface area contributed by atoms with Crippen molar-refractivity contribution in [3.63, 3.8) is 0 Å². The Morgan fingerprint density at radius 2 is 2.04 bits per heavy atom. The molecular formula is C18H18Cl2F3N3O. The highest BCUT2D eigenvalue weighted by molar-refractivity contribution is 6.35. The maximum atomic E-state index is 14.1. The van der Waals surface area contributed by atoms with Crippen LogP contribution in [-0.4, -0.2) is 42.6 Å². The molecule has 0 unspecified atom stereocenters. The summed E-state index contributed by atoms with van der Waals surface area (Å²) in [6.45, 7) is 3.86. The van der Waals surface area contributed by atoms with Crippen LogP contribution in [0, 0.1) is 5.41 Å². The maximum Gasteiger partial charge on any atom is 0.280 e. The van der Waals surface area contributed by atoms with E-state index in [0.29, 0.717) is 34.0 Å². The Hall–Kier alpha value is -1.99. The Morgan fingerprint density at radius 3 is 2.52 bits per heavy atom. The molecule has 1 aliphatic carbocycles. The van der Waals surface area contributed by atoms with E-state index in [9.17, 15) is 18.0 Å². The number of nitrogens with zero attached hydrogens (tertiary/aromatic N) is 1. The quantitative estimate of drug-likeness (QED) is 0.365. The minimum Gasteiger partial charge on any atom is -0.364 e. The summed E-state index contributed by atoms with van der Waals surface area (Å²) < 4.78 is 40.0. The second-order valence-corrected chi connectivity index (χ2v) is 6.89. The molecule has 9 heteroatoms. The van der Waals surface area contributed by atoms with E-state index in [4.69, 9.17) is 28.6 Å². The lowest BCUT2D eigenvalue weighted by molar-refractivity contribution is -0.126. The molecule has 1 aromatic carbocycles. The lowest BCUT2D eigenvalue weighted by Crippen LogP contribution is -2.39. The molecule has 0 spiro atoms. The summed E-state index contributed by atoms with van der Waals surface area (Å²) >= 11 is 12.0. The van der Waals surface area contributed by atoms with E-state index >= 15 is 0 Å². The van der Waals surface area contributed by atoms with Gasteiger partial charge in [-0.05, 0) is 36.1 Å². The predicted octanol–water partition coefficient (Wildman–Crippen LogP) is 4.68. The average molecular weight is 420 g/mol.